The summed E-state index contributed by atoms with van der Waals surface area (Å²) in [6, 6.07) is 9.72. The molecule has 6 heteroatoms. The summed E-state index contributed by atoms with van der Waals surface area (Å²) < 4.78 is 3.84. The smallest absolute Gasteiger partial charge is 0.223 e. The summed E-state index contributed by atoms with van der Waals surface area (Å²) >= 11 is 0. The van der Waals surface area contributed by atoms with Gasteiger partial charge in [-0.25, -0.2) is 0 Å². The second-order valence-corrected chi connectivity index (χ2v) is 7.35. The van der Waals surface area contributed by atoms with Crippen molar-refractivity contribution < 1.29 is 5.11 Å². The molecule has 0 saturated carbocycles. The maximum atomic E-state index is 11.5. The molecule has 0 amide bonds. The number of nitrogens with zero attached hydrogens (tertiary/aromatic N) is 4. The van der Waals surface area contributed by atoms with E-state index in [-0.39, 0.29) is 17.2 Å². The third-order valence-electron chi connectivity index (χ3n) is 5.03. The number of benzene rings is 1. The van der Waals surface area contributed by atoms with E-state index in [4.69, 9.17) is 0 Å². The fourth-order valence-electron chi connectivity index (χ4n) is 3.58. The van der Waals surface area contributed by atoms with E-state index < -0.39 is 0 Å². The second kappa shape index (κ2) is 7.78. The number of aryl methyl sites for hydroxylation is 1. The first-order valence-corrected chi connectivity index (χ1v) is 9.23. The third kappa shape index (κ3) is 4.10. The van der Waals surface area contributed by atoms with Gasteiger partial charge in [0.25, 0.3) is 0 Å². The van der Waals surface area contributed by atoms with E-state index >= 15 is 0 Å². The first kappa shape index (κ1) is 18.9. The average molecular weight is 366 g/mol. The van der Waals surface area contributed by atoms with Gasteiger partial charge in [0, 0.05) is 30.4 Å². The molecular formula is C21H26N4O2. The van der Waals surface area contributed by atoms with E-state index in [1.54, 1.807) is 13.1 Å². The average Bonchev–Trinajstić information content (AvgIpc) is 3.08. The first-order valence-electron chi connectivity index (χ1n) is 9.23. The van der Waals surface area contributed by atoms with Crippen molar-refractivity contribution in [2.75, 3.05) is 0 Å². The Morgan fingerprint density at radius 1 is 1.15 bits per heavy atom. The van der Waals surface area contributed by atoms with Crippen LogP contribution < -0.4 is 5.43 Å². The van der Waals surface area contributed by atoms with Gasteiger partial charge >= 0.3 is 0 Å². The summed E-state index contributed by atoms with van der Waals surface area (Å²) in [6.45, 7) is 8.86. The Morgan fingerprint density at radius 3 is 2.63 bits per heavy atom. The summed E-state index contributed by atoms with van der Waals surface area (Å²) in [5, 5.41) is 18.5. The normalized spacial score (nSPS) is 13.5. The topological polar surface area (TPSA) is 72.9 Å². The highest BCUT2D eigenvalue weighted by Crippen LogP contribution is 2.24. The van der Waals surface area contributed by atoms with Crippen molar-refractivity contribution in [3.8, 4) is 17.0 Å². The first-order chi connectivity index (χ1) is 12.9. The molecule has 142 valence electrons. The van der Waals surface area contributed by atoms with Gasteiger partial charge in [-0.15, -0.1) is 5.10 Å². The number of pyridine rings is 1. The van der Waals surface area contributed by atoms with Crippen molar-refractivity contribution in [2.24, 2.45) is 5.92 Å². The van der Waals surface area contributed by atoms with Crippen LogP contribution in [0.15, 0.2) is 47.5 Å². The number of hydrogen-bond acceptors (Lipinski definition) is 4. The van der Waals surface area contributed by atoms with Crippen molar-refractivity contribution >= 4 is 0 Å². The highest BCUT2D eigenvalue weighted by atomic mass is 16.3. The number of aromatic nitrogens is 4. The minimum Gasteiger partial charge on any atom is -0.503 e. The molecule has 0 saturated heterocycles. The van der Waals surface area contributed by atoms with E-state index in [1.165, 1.54) is 11.6 Å². The standard InChI is InChI=1S/C21H26N4O2/c1-14(11-16(3)25-10-9-20(26)21(27)17(25)4)12-24-13-19(22-23-24)18-8-6-5-7-15(18)2/h5-10,13-14,16,27H,11-12H2,1-4H3. The summed E-state index contributed by atoms with van der Waals surface area (Å²) in [5.41, 5.74) is 3.43. The molecule has 2 unspecified atom stereocenters. The Balaban J connectivity index is 1.68. The van der Waals surface area contributed by atoms with Gasteiger partial charge in [0.2, 0.25) is 5.43 Å². The second-order valence-electron chi connectivity index (χ2n) is 7.35. The van der Waals surface area contributed by atoms with Crippen LogP contribution in [0.25, 0.3) is 11.3 Å². The predicted octanol–water partition coefficient (Wildman–Crippen LogP) is 3.72. The summed E-state index contributed by atoms with van der Waals surface area (Å²) in [4.78, 5) is 11.5. The molecule has 27 heavy (non-hydrogen) atoms. The Kier molecular flexibility index (Phi) is 5.44. The van der Waals surface area contributed by atoms with Crippen molar-refractivity contribution in [3.63, 3.8) is 0 Å². The molecule has 0 spiro atoms. The van der Waals surface area contributed by atoms with E-state index in [0.717, 1.165) is 24.2 Å². The lowest BCUT2D eigenvalue weighted by Crippen LogP contribution is -2.18. The molecule has 3 rings (SSSR count). The molecule has 2 aromatic heterocycles. The lowest BCUT2D eigenvalue weighted by Gasteiger charge is -2.22. The van der Waals surface area contributed by atoms with Crippen molar-refractivity contribution in [2.45, 2.75) is 46.7 Å². The van der Waals surface area contributed by atoms with Crippen LogP contribution in [0.5, 0.6) is 5.75 Å². The monoisotopic (exact) mass is 366 g/mol. The highest BCUT2D eigenvalue weighted by molar-refractivity contribution is 5.61. The Morgan fingerprint density at radius 2 is 1.89 bits per heavy atom. The van der Waals surface area contributed by atoms with E-state index in [0.29, 0.717) is 11.6 Å². The maximum absolute atomic E-state index is 11.5. The maximum Gasteiger partial charge on any atom is 0.223 e. The van der Waals surface area contributed by atoms with Gasteiger partial charge in [0.05, 0.1) is 11.9 Å². The van der Waals surface area contributed by atoms with Crippen LogP contribution in [0.2, 0.25) is 0 Å². The zero-order valence-electron chi connectivity index (χ0n) is 16.3. The Bertz CT molecular complexity index is 990. The molecule has 3 aromatic rings. The van der Waals surface area contributed by atoms with Crippen molar-refractivity contribution in [1.82, 2.24) is 19.6 Å². The quantitative estimate of drug-likeness (QED) is 0.722. The number of hydrogen-bond donors (Lipinski definition) is 1. The van der Waals surface area contributed by atoms with Crippen molar-refractivity contribution in [3.05, 3.63) is 64.2 Å². The lowest BCUT2D eigenvalue weighted by atomic mass is 10.0. The van der Waals surface area contributed by atoms with Gasteiger partial charge in [-0.3, -0.25) is 9.48 Å². The Labute approximate surface area is 159 Å². The van der Waals surface area contributed by atoms with E-state index in [9.17, 15) is 9.90 Å². The van der Waals surface area contributed by atoms with Crippen LogP contribution in [0, 0.1) is 19.8 Å². The molecule has 1 aromatic carbocycles. The zero-order chi connectivity index (χ0) is 19.6. The van der Waals surface area contributed by atoms with Crippen LogP contribution in [0.4, 0.5) is 0 Å². The van der Waals surface area contributed by atoms with E-state index in [1.807, 2.05) is 27.6 Å². The molecule has 0 aliphatic carbocycles. The van der Waals surface area contributed by atoms with Gasteiger partial charge in [0.15, 0.2) is 5.75 Å². The molecule has 0 radical (unpaired) electrons. The molecule has 0 bridgehead atoms. The fraction of sp³-hybridized carbons (Fsp3) is 0.381. The molecule has 1 N–H and O–H groups in total. The Hall–Kier alpha value is -2.89. The minimum atomic E-state index is -0.338. The molecule has 6 nitrogen and oxygen atoms in total. The highest BCUT2D eigenvalue weighted by Gasteiger charge is 2.15. The molecule has 0 aliphatic heterocycles. The van der Waals surface area contributed by atoms with Gasteiger partial charge in [-0.2, -0.15) is 0 Å². The van der Waals surface area contributed by atoms with Gasteiger partial charge < -0.3 is 9.67 Å². The summed E-state index contributed by atoms with van der Waals surface area (Å²) in [5.74, 6) is 0.184. The van der Waals surface area contributed by atoms with Gasteiger partial charge in [-0.1, -0.05) is 36.4 Å². The number of rotatable bonds is 6. The lowest BCUT2D eigenvalue weighted by molar-refractivity contribution is 0.344. The predicted molar refractivity (Wildman–Crippen MR) is 106 cm³/mol. The van der Waals surface area contributed by atoms with Gasteiger partial charge in [-0.05, 0) is 38.7 Å². The summed E-state index contributed by atoms with van der Waals surface area (Å²) in [6.07, 6.45) is 4.63. The largest absolute Gasteiger partial charge is 0.503 e. The van der Waals surface area contributed by atoms with Crippen LogP contribution in [-0.4, -0.2) is 24.7 Å². The summed E-state index contributed by atoms with van der Waals surface area (Å²) in [7, 11) is 0. The van der Waals surface area contributed by atoms with Gasteiger partial charge in [0.1, 0.15) is 5.69 Å². The molecule has 2 heterocycles. The van der Waals surface area contributed by atoms with Crippen LogP contribution in [0.3, 0.4) is 0 Å². The molecule has 2 atom stereocenters. The van der Waals surface area contributed by atoms with Crippen LogP contribution >= 0.6 is 0 Å². The molecular weight excluding hydrogens is 340 g/mol. The SMILES string of the molecule is Cc1ccccc1-c1cn(CC(C)CC(C)n2ccc(=O)c(O)c2C)nn1. The van der Waals surface area contributed by atoms with Crippen molar-refractivity contribution in [1.29, 1.82) is 0 Å². The van der Waals surface area contributed by atoms with Crippen LogP contribution in [-0.2, 0) is 6.54 Å². The third-order valence-corrected chi connectivity index (χ3v) is 5.03. The molecule has 0 aliphatic rings. The fourth-order valence-corrected chi connectivity index (χ4v) is 3.58. The zero-order valence-corrected chi connectivity index (χ0v) is 16.3. The van der Waals surface area contributed by atoms with E-state index in [2.05, 4.69) is 43.2 Å². The minimum absolute atomic E-state index is 0.158. The molecule has 0 fully saturated rings. The number of aromatic hydroxyl groups is 1. The van der Waals surface area contributed by atoms with Crippen LogP contribution in [0.1, 0.15) is 37.6 Å².